The van der Waals surface area contributed by atoms with E-state index in [0.717, 1.165) is 0 Å². The molecule has 1 rings (SSSR count). The van der Waals surface area contributed by atoms with Crippen LogP contribution in [0.4, 0.5) is 0 Å². The van der Waals surface area contributed by atoms with Crippen molar-refractivity contribution in [1.82, 2.24) is 10.0 Å². The summed E-state index contributed by atoms with van der Waals surface area (Å²) in [5.41, 5.74) is 0. The Morgan fingerprint density at radius 3 is 2.72 bits per heavy atom. The second-order valence-corrected chi connectivity index (χ2v) is 5.84. The van der Waals surface area contributed by atoms with Gasteiger partial charge in [0, 0.05) is 19.7 Å². The molecule has 0 unspecified atom stereocenters. The van der Waals surface area contributed by atoms with Gasteiger partial charge in [-0.25, -0.2) is 13.1 Å². The second-order valence-electron chi connectivity index (χ2n) is 4.15. The topological polar surface area (TPSA) is 80.6 Å². The van der Waals surface area contributed by atoms with Gasteiger partial charge in [-0.1, -0.05) is 13.8 Å². The summed E-state index contributed by atoms with van der Waals surface area (Å²) in [5, 5.41) is 3.08. The van der Waals surface area contributed by atoms with Crippen LogP contribution in [-0.4, -0.2) is 34.7 Å². The quantitative estimate of drug-likeness (QED) is 0.683. The minimum atomic E-state index is -3.57. The molecule has 0 aromatic carbocycles. The van der Waals surface area contributed by atoms with Gasteiger partial charge >= 0.3 is 0 Å². The van der Waals surface area contributed by atoms with Crippen LogP contribution in [0.5, 0.6) is 0 Å². The fourth-order valence-corrected chi connectivity index (χ4v) is 2.21. The molecular formula is C11H20N2O4S. The van der Waals surface area contributed by atoms with Gasteiger partial charge < -0.3 is 14.5 Å². The maximum Gasteiger partial charge on any atom is 0.274 e. The predicted octanol–water partition coefficient (Wildman–Crippen LogP) is 0.702. The Morgan fingerprint density at radius 2 is 2.11 bits per heavy atom. The van der Waals surface area contributed by atoms with E-state index in [4.69, 9.17) is 9.15 Å². The molecule has 0 spiro atoms. The largest absolute Gasteiger partial charge is 0.447 e. The van der Waals surface area contributed by atoms with Crippen molar-refractivity contribution < 1.29 is 17.6 Å². The van der Waals surface area contributed by atoms with Gasteiger partial charge in [0.15, 0.2) is 0 Å². The number of furan rings is 1. The second kappa shape index (κ2) is 6.89. The molecule has 0 amide bonds. The SMILES string of the molecule is COCCNS(=O)(=O)c1ccc(CNC(C)C)o1. The zero-order valence-corrected chi connectivity index (χ0v) is 11.7. The molecule has 0 bridgehead atoms. The van der Waals surface area contributed by atoms with Gasteiger partial charge in [0.05, 0.1) is 13.2 Å². The maximum absolute atomic E-state index is 11.8. The first-order chi connectivity index (χ1) is 8.45. The van der Waals surface area contributed by atoms with Crippen molar-refractivity contribution in [3.8, 4) is 0 Å². The van der Waals surface area contributed by atoms with Crippen LogP contribution < -0.4 is 10.0 Å². The van der Waals surface area contributed by atoms with E-state index in [1.54, 1.807) is 6.07 Å². The normalized spacial score (nSPS) is 12.2. The highest BCUT2D eigenvalue weighted by atomic mass is 32.2. The minimum Gasteiger partial charge on any atom is -0.447 e. The molecule has 1 heterocycles. The van der Waals surface area contributed by atoms with Crippen molar-refractivity contribution in [2.75, 3.05) is 20.3 Å². The molecule has 0 saturated heterocycles. The fourth-order valence-electron chi connectivity index (χ4n) is 1.25. The monoisotopic (exact) mass is 276 g/mol. The summed E-state index contributed by atoms with van der Waals surface area (Å²) in [6.45, 7) is 5.06. The van der Waals surface area contributed by atoms with Crippen molar-refractivity contribution in [3.05, 3.63) is 17.9 Å². The van der Waals surface area contributed by atoms with E-state index >= 15 is 0 Å². The highest BCUT2D eigenvalue weighted by molar-refractivity contribution is 7.89. The van der Waals surface area contributed by atoms with Gasteiger partial charge in [0.2, 0.25) is 5.09 Å². The average Bonchev–Trinajstić information content (AvgIpc) is 2.76. The van der Waals surface area contributed by atoms with Crippen LogP contribution in [0.15, 0.2) is 21.6 Å². The molecule has 0 aliphatic heterocycles. The highest BCUT2D eigenvalue weighted by Crippen LogP contribution is 2.13. The summed E-state index contributed by atoms with van der Waals surface area (Å²) in [6.07, 6.45) is 0. The summed E-state index contributed by atoms with van der Waals surface area (Å²) >= 11 is 0. The van der Waals surface area contributed by atoms with E-state index in [2.05, 4.69) is 10.0 Å². The van der Waals surface area contributed by atoms with Crippen LogP contribution in [0, 0.1) is 0 Å². The Balaban J connectivity index is 2.60. The van der Waals surface area contributed by atoms with Crippen LogP contribution >= 0.6 is 0 Å². The molecule has 6 nitrogen and oxygen atoms in total. The molecular weight excluding hydrogens is 256 g/mol. The van der Waals surface area contributed by atoms with Crippen LogP contribution in [0.3, 0.4) is 0 Å². The van der Waals surface area contributed by atoms with Crippen molar-refractivity contribution in [3.63, 3.8) is 0 Å². The number of methoxy groups -OCH3 is 1. The zero-order valence-electron chi connectivity index (χ0n) is 10.9. The van der Waals surface area contributed by atoms with Gasteiger partial charge in [0.1, 0.15) is 5.76 Å². The molecule has 0 atom stereocenters. The van der Waals surface area contributed by atoms with E-state index in [9.17, 15) is 8.42 Å². The van der Waals surface area contributed by atoms with Gasteiger partial charge in [-0.15, -0.1) is 0 Å². The lowest BCUT2D eigenvalue weighted by Gasteiger charge is -2.05. The standard InChI is InChI=1S/C11H20N2O4S/c1-9(2)12-8-10-4-5-11(17-10)18(14,15)13-6-7-16-3/h4-5,9,12-13H,6-8H2,1-3H3. The summed E-state index contributed by atoms with van der Waals surface area (Å²) < 4.78 is 36.0. The lowest BCUT2D eigenvalue weighted by molar-refractivity contribution is 0.204. The first kappa shape index (κ1) is 15.2. The molecule has 7 heteroatoms. The molecule has 1 aromatic rings. The van der Waals surface area contributed by atoms with E-state index < -0.39 is 10.0 Å². The van der Waals surface area contributed by atoms with E-state index in [-0.39, 0.29) is 11.6 Å². The Hall–Kier alpha value is -0.890. The molecule has 0 aliphatic rings. The highest BCUT2D eigenvalue weighted by Gasteiger charge is 2.17. The number of hydrogen-bond acceptors (Lipinski definition) is 5. The third-order valence-corrected chi connectivity index (χ3v) is 3.52. The molecule has 104 valence electrons. The van der Waals surface area contributed by atoms with Crippen LogP contribution in [0.25, 0.3) is 0 Å². The predicted molar refractivity (Wildman–Crippen MR) is 67.7 cm³/mol. The van der Waals surface area contributed by atoms with Gasteiger partial charge in [-0.05, 0) is 12.1 Å². The Morgan fingerprint density at radius 1 is 1.39 bits per heavy atom. The van der Waals surface area contributed by atoms with Crippen molar-refractivity contribution in [1.29, 1.82) is 0 Å². The van der Waals surface area contributed by atoms with Gasteiger partial charge in [0.25, 0.3) is 10.0 Å². The molecule has 1 aromatic heterocycles. The molecule has 0 radical (unpaired) electrons. The minimum absolute atomic E-state index is 0.0702. The van der Waals surface area contributed by atoms with Crippen molar-refractivity contribution in [2.24, 2.45) is 0 Å². The van der Waals surface area contributed by atoms with Crippen molar-refractivity contribution >= 4 is 10.0 Å². The maximum atomic E-state index is 11.8. The van der Waals surface area contributed by atoms with E-state index in [1.165, 1.54) is 13.2 Å². The molecule has 0 saturated carbocycles. The van der Waals surface area contributed by atoms with Crippen LogP contribution in [0.1, 0.15) is 19.6 Å². The number of hydrogen-bond donors (Lipinski definition) is 2. The fraction of sp³-hybridized carbons (Fsp3) is 0.636. The average molecular weight is 276 g/mol. The number of nitrogens with one attached hydrogen (secondary N) is 2. The summed E-state index contributed by atoms with van der Waals surface area (Å²) in [7, 11) is -2.06. The van der Waals surface area contributed by atoms with E-state index in [1.807, 2.05) is 13.8 Å². The summed E-state index contributed by atoms with van der Waals surface area (Å²) in [6, 6.07) is 3.42. The lowest BCUT2D eigenvalue weighted by atomic mass is 10.3. The Bertz CT molecular complexity index is 453. The molecule has 18 heavy (non-hydrogen) atoms. The van der Waals surface area contributed by atoms with Gasteiger partial charge in [-0.3, -0.25) is 0 Å². The number of sulfonamides is 1. The molecule has 2 N–H and O–H groups in total. The third kappa shape index (κ3) is 4.77. The molecule has 0 fully saturated rings. The van der Waals surface area contributed by atoms with E-state index in [0.29, 0.717) is 25.0 Å². The van der Waals surface area contributed by atoms with Crippen LogP contribution in [-0.2, 0) is 21.3 Å². The van der Waals surface area contributed by atoms with Gasteiger partial charge in [-0.2, -0.15) is 0 Å². The van der Waals surface area contributed by atoms with Crippen molar-refractivity contribution in [2.45, 2.75) is 31.5 Å². The molecule has 0 aliphatic carbocycles. The third-order valence-electron chi connectivity index (χ3n) is 2.18. The number of ether oxygens (including phenoxy) is 1. The zero-order chi connectivity index (χ0) is 13.6. The lowest BCUT2D eigenvalue weighted by Crippen LogP contribution is -2.26. The summed E-state index contributed by atoms with van der Waals surface area (Å²) in [4.78, 5) is 0. The number of rotatable bonds is 8. The summed E-state index contributed by atoms with van der Waals surface area (Å²) in [5.74, 6) is 0.593. The first-order valence-electron chi connectivity index (χ1n) is 5.76. The Labute approximate surface area is 108 Å². The Kier molecular flexibility index (Phi) is 5.80. The van der Waals surface area contributed by atoms with Crippen LogP contribution in [0.2, 0.25) is 0 Å². The first-order valence-corrected chi connectivity index (χ1v) is 7.24. The smallest absolute Gasteiger partial charge is 0.274 e.